The number of hydrogen-bond acceptors (Lipinski definition) is 3. The molecule has 1 atom stereocenters. The molecule has 4 rings (SSSR count). The van der Waals surface area contributed by atoms with E-state index in [1.54, 1.807) is 12.1 Å². The molecule has 1 fully saturated rings. The standard InChI is InChI=1S/C17H16F3N3/c1-22-13-7-8-23(10-13)15-6-5-14(21-16(15)22)11-3-2-4-12(9-11)17(18,19)20/h2-6,9,13H,7-8,10H2,1H3/t13-/m0/s1. The molecule has 1 aromatic heterocycles. The third kappa shape index (κ3) is 2.33. The molecule has 0 N–H and O–H groups in total. The molecule has 0 unspecified atom stereocenters. The monoisotopic (exact) mass is 319 g/mol. The predicted octanol–water partition coefficient (Wildman–Crippen LogP) is 3.80. The van der Waals surface area contributed by atoms with Gasteiger partial charge in [0, 0.05) is 31.7 Å². The van der Waals surface area contributed by atoms with Gasteiger partial charge in [-0.25, -0.2) is 4.98 Å². The summed E-state index contributed by atoms with van der Waals surface area (Å²) < 4.78 is 38.7. The molecule has 0 amide bonds. The van der Waals surface area contributed by atoms with E-state index in [1.165, 1.54) is 6.07 Å². The normalized spacial score (nSPS) is 19.9. The summed E-state index contributed by atoms with van der Waals surface area (Å²) in [5.74, 6) is 0.855. The van der Waals surface area contributed by atoms with Crippen LogP contribution in [0.1, 0.15) is 12.0 Å². The van der Waals surface area contributed by atoms with E-state index < -0.39 is 11.7 Å². The number of hydrogen-bond donors (Lipinski definition) is 0. The zero-order valence-electron chi connectivity index (χ0n) is 12.6. The first-order valence-corrected chi connectivity index (χ1v) is 7.60. The van der Waals surface area contributed by atoms with Crippen LogP contribution in [0.15, 0.2) is 36.4 Å². The van der Waals surface area contributed by atoms with Crippen molar-refractivity contribution in [3.05, 3.63) is 42.0 Å². The van der Waals surface area contributed by atoms with Crippen molar-refractivity contribution < 1.29 is 13.2 Å². The van der Waals surface area contributed by atoms with E-state index in [0.717, 1.165) is 43.1 Å². The van der Waals surface area contributed by atoms with Crippen LogP contribution < -0.4 is 9.80 Å². The lowest BCUT2D eigenvalue weighted by molar-refractivity contribution is -0.137. The van der Waals surface area contributed by atoms with Gasteiger partial charge >= 0.3 is 6.18 Å². The van der Waals surface area contributed by atoms with E-state index in [1.807, 2.05) is 13.1 Å². The van der Waals surface area contributed by atoms with Crippen LogP contribution in [-0.2, 0) is 6.18 Å². The zero-order valence-corrected chi connectivity index (χ0v) is 12.6. The number of pyridine rings is 1. The molecule has 0 radical (unpaired) electrons. The SMILES string of the molecule is CN1c2nc(-c3cccc(C(F)(F)F)c3)ccc2N2CC[C@H]1C2. The Morgan fingerprint density at radius 1 is 1.17 bits per heavy atom. The Morgan fingerprint density at radius 3 is 2.78 bits per heavy atom. The van der Waals surface area contributed by atoms with Gasteiger partial charge < -0.3 is 9.80 Å². The zero-order chi connectivity index (χ0) is 16.2. The number of rotatable bonds is 1. The molecule has 2 aliphatic rings. The second kappa shape index (κ2) is 4.88. The molecule has 3 heterocycles. The molecule has 2 bridgehead atoms. The predicted molar refractivity (Wildman–Crippen MR) is 83.7 cm³/mol. The van der Waals surface area contributed by atoms with Crippen molar-refractivity contribution in [1.29, 1.82) is 0 Å². The smallest absolute Gasteiger partial charge is 0.366 e. The van der Waals surface area contributed by atoms with Crippen molar-refractivity contribution in [3.63, 3.8) is 0 Å². The maximum atomic E-state index is 12.9. The number of nitrogens with zero attached hydrogens (tertiary/aromatic N) is 3. The quantitative estimate of drug-likeness (QED) is 0.797. The largest absolute Gasteiger partial charge is 0.416 e. The third-order valence-corrected chi connectivity index (χ3v) is 4.73. The molecule has 2 aromatic rings. The lowest BCUT2D eigenvalue weighted by Gasteiger charge is -2.34. The maximum absolute atomic E-state index is 12.9. The Balaban J connectivity index is 1.77. The topological polar surface area (TPSA) is 19.4 Å². The Hall–Kier alpha value is -2.24. The van der Waals surface area contributed by atoms with Crippen LogP contribution in [0.4, 0.5) is 24.7 Å². The number of anilines is 2. The van der Waals surface area contributed by atoms with Crippen LogP contribution in [0.3, 0.4) is 0 Å². The molecule has 23 heavy (non-hydrogen) atoms. The van der Waals surface area contributed by atoms with Crippen LogP contribution >= 0.6 is 0 Å². The van der Waals surface area contributed by atoms with E-state index in [-0.39, 0.29) is 0 Å². The van der Waals surface area contributed by atoms with Crippen molar-refractivity contribution in [1.82, 2.24) is 4.98 Å². The summed E-state index contributed by atoms with van der Waals surface area (Å²) in [5.41, 5.74) is 1.48. The van der Waals surface area contributed by atoms with Gasteiger partial charge in [0.2, 0.25) is 0 Å². The van der Waals surface area contributed by atoms with Crippen LogP contribution in [0, 0.1) is 0 Å². The minimum atomic E-state index is -4.34. The van der Waals surface area contributed by atoms with Crippen LogP contribution in [-0.4, -0.2) is 31.2 Å². The Kier molecular flexibility index (Phi) is 3.04. The maximum Gasteiger partial charge on any atom is 0.416 e. The lowest BCUT2D eigenvalue weighted by Crippen LogP contribution is -2.40. The summed E-state index contributed by atoms with van der Waals surface area (Å²) in [4.78, 5) is 9.09. The van der Waals surface area contributed by atoms with Crippen LogP contribution in [0.5, 0.6) is 0 Å². The second-order valence-electron chi connectivity index (χ2n) is 6.12. The number of likely N-dealkylation sites (N-methyl/N-ethyl adjacent to an activating group) is 1. The van der Waals surface area contributed by atoms with E-state index in [0.29, 0.717) is 17.3 Å². The Labute approximate surface area is 132 Å². The molecule has 1 aromatic carbocycles. The average Bonchev–Trinajstić information content (AvgIpc) is 2.98. The van der Waals surface area contributed by atoms with Gasteiger partial charge in [0.05, 0.1) is 16.9 Å². The fourth-order valence-electron chi connectivity index (χ4n) is 3.41. The fraction of sp³-hybridized carbons (Fsp3) is 0.353. The van der Waals surface area contributed by atoms with E-state index in [2.05, 4.69) is 14.8 Å². The highest BCUT2D eigenvalue weighted by molar-refractivity contribution is 5.75. The summed E-state index contributed by atoms with van der Waals surface area (Å²) in [6.45, 7) is 2.00. The van der Waals surface area contributed by atoms with Gasteiger partial charge in [0.1, 0.15) is 0 Å². The first-order valence-electron chi connectivity index (χ1n) is 7.60. The van der Waals surface area contributed by atoms with Crippen molar-refractivity contribution >= 4 is 11.5 Å². The van der Waals surface area contributed by atoms with Crippen LogP contribution in [0.2, 0.25) is 0 Å². The molecule has 120 valence electrons. The summed E-state index contributed by atoms with van der Waals surface area (Å²) in [5, 5.41) is 0. The Bertz CT molecular complexity index is 757. The molecule has 0 spiro atoms. The fourth-order valence-corrected chi connectivity index (χ4v) is 3.41. The Morgan fingerprint density at radius 2 is 2.00 bits per heavy atom. The first-order chi connectivity index (χ1) is 10.9. The first kappa shape index (κ1) is 14.4. The highest BCUT2D eigenvalue weighted by Crippen LogP contribution is 2.39. The molecule has 0 saturated carbocycles. The molecule has 0 aliphatic carbocycles. The molecular formula is C17H16F3N3. The third-order valence-electron chi connectivity index (χ3n) is 4.73. The summed E-state index contributed by atoms with van der Waals surface area (Å²) in [6, 6.07) is 9.55. The highest BCUT2D eigenvalue weighted by Gasteiger charge is 2.35. The number of halogens is 3. The number of fused-ring (bicyclic) bond motifs is 4. The van der Waals surface area contributed by atoms with Crippen molar-refractivity contribution in [2.24, 2.45) is 0 Å². The van der Waals surface area contributed by atoms with Gasteiger partial charge in [-0.3, -0.25) is 0 Å². The minimum absolute atomic E-state index is 0.437. The lowest BCUT2D eigenvalue weighted by atomic mass is 10.1. The highest BCUT2D eigenvalue weighted by atomic mass is 19.4. The molecule has 6 heteroatoms. The molecular weight excluding hydrogens is 303 g/mol. The molecule has 2 aliphatic heterocycles. The number of alkyl halides is 3. The van der Waals surface area contributed by atoms with Crippen LogP contribution in [0.25, 0.3) is 11.3 Å². The van der Waals surface area contributed by atoms with Crippen molar-refractivity contribution in [3.8, 4) is 11.3 Å². The number of aromatic nitrogens is 1. The van der Waals surface area contributed by atoms with Crippen molar-refractivity contribution in [2.45, 2.75) is 18.6 Å². The number of benzene rings is 1. The van der Waals surface area contributed by atoms with Gasteiger partial charge in [-0.1, -0.05) is 12.1 Å². The summed E-state index contributed by atoms with van der Waals surface area (Å²) >= 11 is 0. The van der Waals surface area contributed by atoms with E-state index in [9.17, 15) is 13.2 Å². The van der Waals surface area contributed by atoms with Gasteiger partial charge in [-0.2, -0.15) is 13.2 Å². The van der Waals surface area contributed by atoms with Gasteiger partial charge in [0.25, 0.3) is 0 Å². The van der Waals surface area contributed by atoms with Gasteiger partial charge in [0.15, 0.2) is 5.82 Å². The summed E-state index contributed by atoms with van der Waals surface area (Å²) in [7, 11) is 2.01. The molecule has 3 nitrogen and oxygen atoms in total. The van der Waals surface area contributed by atoms with Gasteiger partial charge in [-0.15, -0.1) is 0 Å². The minimum Gasteiger partial charge on any atom is -0.366 e. The van der Waals surface area contributed by atoms with E-state index >= 15 is 0 Å². The van der Waals surface area contributed by atoms with Crippen molar-refractivity contribution in [2.75, 3.05) is 29.9 Å². The second-order valence-corrected chi connectivity index (χ2v) is 6.12. The van der Waals surface area contributed by atoms with Gasteiger partial charge in [-0.05, 0) is 30.7 Å². The molecule has 1 saturated heterocycles. The average molecular weight is 319 g/mol. The van der Waals surface area contributed by atoms with E-state index in [4.69, 9.17) is 0 Å². The summed E-state index contributed by atoms with van der Waals surface area (Å²) in [6.07, 6.45) is -3.25.